The summed E-state index contributed by atoms with van der Waals surface area (Å²) in [6.07, 6.45) is 2.04. The summed E-state index contributed by atoms with van der Waals surface area (Å²) in [7, 11) is 0. The molecule has 2 aromatic rings. The predicted molar refractivity (Wildman–Crippen MR) is 93.5 cm³/mol. The number of aryl methyl sites for hydroxylation is 4. The van der Waals surface area contributed by atoms with Gasteiger partial charge in [-0.15, -0.1) is 0 Å². The van der Waals surface area contributed by atoms with Crippen molar-refractivity contribution in [3.63, 3.8) is 0 Å². The molecule has 108 valence electrons. The van der Waals surface area contributed by atoms with Crippen molar-refractivity contribution < 1.29 is 0 Å². The van der Waals surface area contributed by atoms with Crippen molar-refractivity contribution in [3.8, 4) is 0 Å². The second kappa shape index (κ2) is 6.29. The quantitative estimate of drug-likeness (QED) is 0.708. The molecule has 0 radical (unpaired) electrons. The molecule has 0 amide bonds. The van der Waals surface area contributed by atoms with E-state index in [1.807, 2.05) is 0 Å². The fraction of sp³-hybridized carbons (Fsp3) is 0.471. The zero-order valence-corrected chi connectivity index (χ0v) is 15.2. The molecule has 0 aliphatic carbocycles. The molecule has 0 atom stereocenters. The molecule has 0 saturated carbocycles. The Morgan fingerprint density at radius 1 is 1.05 bits per heavy atom. The first-order chi connectivity index (χ1) is 9.47. The van der Waals surface area contributed by atoms with E-state index < -0.39 is 0 Å². The Hall–Kier alpha value is -0.840. The summed E-state index contributed by atoms with van der Waals surface area (Å²) in [5.41, 5.74) is 8.07. The van der Waals surface area contributed by atoms with Gasteiger partial charge >= 0.3 is 0 Å². The predicted octanol–water partition coefficient (Wildman–Crippen LogP) is 4.59. The van der Waals surface area contributed by atoms with Gasteiger partial charge in [0.05, 0.1) is 21.5 Å². The second-order valence-electron chi connectivity index (χ2n) is 5.45. The van der Waals surface area contributed by atoms with Gasteiger partial charge in [0, 0.05) is 0 Å². The Bertz CT molecular complexity index is 603. The number of benzene rings is 1. The van der Waals surface area contributed by atoms with Crippen LogP contribution in [0.2, 0.25) is 0 Å². The Labute approximate surface area is 135 Å². The van der Waals surface area contributed by atoms with Crippen molar-refractivity contribution in [2.45, 2.75) is 54.0 Å². The molecule has 0 fully saturated rings. The number of halogens is 1. The highest BCUT2D eigenvalue weighted by Gasteiger charge is 2.14. The van der Waals surface area contributed by atoms with Crippen LogP contribution in [0.3, 0.4) is 0 Å². The lowest BCUT2D eigenvalue weighted by atomic mass is 10.00. The van der Waals surface area contributed by atoms with Crippen LogP contribution in [0.5, 0.6) is 0 Å². The lowest BCUT2D eigenvalue weighted by molar-refractivity contribution is 0.635. The van der Waals surface area contributed by atoms with Crippen LogP contribution in [0.4, 0.5) is 0 Å². The van der Waals surface area contributed by atoms with E-state index >= 15 is 0 Å². The smallest absolute Gasteiger partial charge is 0.0758 e. The maximum atomic E-state index is 4.81. The SMILES string of the molecule is CCc1nn(Cc2c(C)cc(C)cc2C)c(CC)c1I. The van der Waals surface area contributed by atoms with Crippen LogP contribution >= 0.6 is 22.6 Å². The maximum absolute atomic E-state index is 4.81. The summed E-state index contributed by atoms with van der Waals surface area (Å²) in [5, 5.41) is 4.81. The lowest BCUT2D eigenvalue weighted by Gasteiger charge is -2.13. The average Bonchev–Trinajstić information content (AvgIpc) is 2.69. The van der Waals surface area contributed by atoms with Gasteiger partial charge in [-0.1, -0.05) is 31.5 Å². The number of hydrogen-bond donors (Lipinski definition) is 0. The standard InChI is InChI=1S/C17H23IN2/c1-6-15-17(18)16(7-2)20(19-15)10-14-12(4)8-11(3)9-13(14)5/h8-9H,6-7,10H2,1-5H3. The highest BCUT2D eigenvalue weighted by atomic mass is 127. The summed E-state index contributed by atoms with van der Waals surface area (Å²) < 4.78 is 3.54. The first kappa shape index (κ1) is 15.5. The third-order valence-electron chi connectivity index (χ3n) is 3.88. The molecule has 0 aliphatic rings. The first-order valence-corrected chi connectivity index (χ1v) is 8.36. The number of rotatable bonds is 4. The average molecular weight is 382 g/mol. The summed E-state index contributed by atoms with van der Waals surface area (Å²) in [4.78, 5) is 0. The van der Waals surface area contributed by atoms with Crippen molar-refractivity contribution in [2.24, 2.45) is 0 Å². The fourth-order valence-corrected chi connectivity index (χ4v) is 3.98. The van der Waals surface area contributed by atoms with Gasteiger partial charge in [-0.05, 0) is 72.9 Å². The molecule has 1 aromatic heterocycles. The Balaban J connectivity index is 2.45. The molecule has 1 aromatic carbocycles. The monoisotopic (exact) mass is 382 g/mol. The van der Waals surface area contributed by atoms with E-state index in [1.54, 1.807) is 0 Å². The van der Waals surface area contributed by atoms with Crippen LogP contribution in [-0.2, 0) is 19.4 Å². The summed E-state index contributed by atoms with van der Waals surface area (Å²) in [6, 6.07) is 4.53. The molecule has 20 heavy (non-hydrogen) atoms. The minimum absolute atomic E-state index is 0.886. The summed E-state index contributed by atoms with van der Waals surface area (Å²) in [6.45, 7) is 11.8. The Morgan fingerprint density at radius 3 is 2.15 bits per heavy atom. The van der Waals surface area contributed by atoms with Gasteiger partial charge in [-0.3, -0.25) is 4.68 Å². The van der Waals surface area contributed by atoms with Gasteiger partial charge in [-0.2, -0.15) is 5.10 Å². The highest BCUT2D eigenvalue weighted by molar-refractivity contribution is 14.1. The third kappa shape index (κ3) is 2.92. The molecule has 0 N–H and O–H groups in total. The van der Waals surface area contributed by atoms with E-state index in [-0.39, 0.29) is 0 Å². The molecule has 0 bridgehead atoms. The van der Waals surface area contributed by atoms with Crippen molar-refractivity contribution in [1.29, 1.82) is 0 Å². The molecular formula is C17H23IN2. The molecule has 2 rings (SSSR count). The van der Waals surface area contributed by atoms with E-state index in [9.17, 15) is 0 Å². The zero-order chi connectivity index (χ0) is 14.9. The van der Waals surface area contributed by atoms with Gasteiger partial charge in [0.15, 0.2) is 0 Å². The van der Waals surface area contributed by atoms with Crippen LogP contribution in [0.15, 0.2) is 12.1 Å². The minimum atomic E-state index is 0.886. The Kier molecular flexibility index (Phi) is 4.89. The highest BCUT2D eigenvalue weighted by Crippen LogP contribution is 2.22. The van der Waals surface area contributed by atoms with Crippen molar-refractivity contribution in [1.82, 2.24) is 9.78 Å². The van der Waals surface area contributed by atoms with Gasteiger partial charge in [0.1, 0.15) is 0 Å². The maximum Gasteiger partial charge on any atom is 0.0758 e. The number of nitrogens with zero attached hydrogens (tertiary/aromatic N) is 2. The molecule has 0 saturated heterocycles. The molecule has 0 aliphatic heterocycles. The normalized spacial score (nSPS) is 11.1. The van der Waals surface area contributed by atoms with Crippen molar-refractivity contribution in [3.05, 3.63) is 49.3 Å². The lowest BCUT2D eigenvalue weighted by Crippen LogP contribution is -2.09. The minimum Gasteiger partial charge on any atom is -0.264 e. The van der Waals surface area contributed by atoms with Gasteiger partial charge < -0.3 is 0 Å². The van der Waals surface area contributed by atoms with Crippen molar-refractivity contribution >= 4 is 22.6 Å². The fourth-order valence-electron chi connectivity index (χ4n) is 2.83. The van der Waals surface area contributed by atoms with Gasteiger partial charge in [-0.25, -0.2) is 0 Å². The molecule has 1 heterocycles. The van der Waals surface area contributed by atoms with E-state index in [0.29, 0.717) is 0 Å². The molecule has 2 nitrogen and oxygen atoms in total. The van der Waals surface area contributed by atoms with Crippen LogP contribution < -0.4 is 0 Å². The topological polar surface area (TPSA) is 17.8 Å². The van der Waals surface area contributed by atoms with Gasteiger partial charge in [0.2, 0.25) is 0 Å². The van der Waals surface area contributed by atoms with Crippen LogP contribution in [0, 0.1) is 24.3 Å². The third-order valence-corrected chi connectivity index (χ3v) is 5.12. The summed E-state index contributed by atoms with van der Waals surface area (Å²) in [5.74, 6) is 0. The van der Waals surface area contributed by atoms with E-state index in [4.69, 9.17) is 5.10 Å². The van der Waals surface area contributed by atoms with Gasteiger partial charge in [0.25, 0.3) is 0 Å². The van der Waals surface area contributed by atoms with Crippen LogP contribution in [0.1, 0.15) is 47.5 Å². The van der Waals surface area contributed by atoms with Crippen LogP contribution in [-0.4, -0.2) is 9.78 Å². The molecule has 0 spiro atoms. The molecule has 3 heteroatoms. The Morgan fingerprint density at radius 2 is 1.65 bits per heavy atom. The first-order valence-electron chi connectivity index (χ1n) is 7.28. The number of hydrogen-bond acceptors (Lipinski definition) is 1. The largest absolute Gasteiger partial charge is 0.264 e. The van der Waals surface area contributed by atoms with E-state index in [2.05, 4.69) is 74.0 Å². The van der Waals surface area contributed by atoms with Crippen LogP contribution in [0.25, 0.3) is 0 Å². The summed E-state index contributed by atoms with van der Waals surface area (Å²) >= 11 is 2.44. The molecular weight excluding hydrogens is 359 g/mol. The van der Waals surface area contributed by atoms with Crippen molar-refractivity contribution in [2.75, 3.05) is 0 Å². The van der Waals surface area contributed by atoms with E-state index in [0.717, 1.165) is 19.4 Å². The second-order valence-corrected chi connectivity index (χ2v) is 6.53. The number of aromatic nitrogens is 2. The molecule has 0 unspecified atom stereocenters. The van der Waals surface area contributed by atoms with E-state index in [1.165, 1.54) is 37.2 Å². The zero-order valence-electron chi connectivity index (χ0n) is 13.0.